The van der Waals surface area contributed by atoms with Crippen LogP contribution in [-0.2, 0) is 9.59 Å². The monoisotopic (exact) mass is 364 g/mol. The van der Waals surface area contributed by atoms with Crippen LogP contribution in [0.1, 0.15) is 45.4 Å². The Labute approximate surface area is 158 Å². The van der Waals surface area contributed by atoms with Gasteiger partial charge in [-0.2, -0.15) is 0 Å². The molecule has 0 bridgehead atoms. The van der Waals surface area contributed by atoms with Gasteiger partial charge in [0.25, 0.3) is 0 Å². The molecule has 0 saturated carbocycles. The third-order valence-electron chi connectivity index (χ3n) is 6.44. The van der Waals surface area contributed by atoms with E-state index in [1.807, 2.05) is 11.9 Å². The predicted octanol–water partition coefficient (Wildman–Crippen LogP) is 1.17. The fourth-order valence-electron chi connectivity index (χ4n) is 4.75. The number of likely N-dealkylation sites (N-methyl/N-ethyl adjacent to an activating group) is 1. The molecule has 6 nitrogen and oxygen atoms in total. The van der Waals surface area contributed by atoms with E-state index in [-0.39, 0.29) is 11.8 Å². The van der Waals surface area contributed by atoms with Crippen molar-refractivity contribution in [2.45, 2.75) is 51.5 Å². The summed E-state index contributed by atoms with van der Waals surface area (Å²) in [6.07, 6.45) is 6.38. The maximum atomic E-state index is 12.8. The van der Waals surface area contributed by atoms with Gasteiger partial charge in [-0.3, -0.25) is 14.5 Å². The first kappa shape index (κ1) is 19.6. The second kappa shape index (κ2) is 9.18. The number of likely N-dealkylation sites (tertiary alicyclic amines) is 3. The number of nitrogens with one attached hydrogen (secondary N) is 1. The molecule has 26 heavy (non-hydrogen) atoms. The zero-order chi connectivity index (χ0) is 18.5. The largest absolute Gasteiger partial charge is 0.342 e. The zero-order valence-corrected chi connectivity index (χ0v) is 16.6. The number of carbonyl (C=O) groups excluding carboxylic acids is 2. The highest BCUT2D eigenvalue weighted by Crippen LogP contribution is 2.24. The first-order valence-electron chi connectivity index (χ1n) is 10.5. The maximum Gasteiger partial charge on any atom is 0.236 e. The van der Waals surface area contributed by atoms with Crippen molar-refractivity contribution in [3.63, 3.8) is 0 Å². The van der Waals surface area contributed by atoms with E-state index in [2.05, 4.69) is 22.0 Å². The summed E-state index contributed by atoms with van der Waals surface area (Å²) >= 11 is 0. The van der Waals surface area contributed by atoms with Gasteiger partial charge in [0.15, 0.2) is 0 Å². The Morgan fingerprint density at radius 2 is 1.65 bits per heavy atom. The number of hydrogen-bond acceptors (Lipinski definition) is 4. The van der Waals surface area contributed by atoms with E-state index >= 15 is 0 Å². The molecule has 0 aliphatic carbocycles. The Hall–Kier alpha value is -1.14. The molecule has 3 aliphatic rings. The predicted molar refractivity (Wildman–Crippen MR) is 103 cm³/mol. The van der Waals surface area contributed by atoms with Crippen LogP contribution in [0.2, 0.25) is 0 Å². The van der Waals surface area contributed by atoms with Gasteiger partial charge in [0, 0.05) is 44.7 Å². The second-order valence-corrected chi connectivity index (χ2v) is 8.55. The summed E-state index contributed by atoms with van der Waals surface area (Å²) < 4.78 is 0. The van der Waals surface area contributed by atoms with Crippen LogP contribution in [0.3, 0.4) is 0 Å². The van der Waals surface area contributed by atoms with Crippen LogP contribution < -0.4 is 5.32 Å². The fourth-order valence-corrected chi connectivity index (χ4v) is 4.75. The average molecular weight is 365 g/mol. The van der Waals surface area contributed by atoms with Crippen LogP contribution >= 0.6 is 0 Å². The van der Waals surface area contributed by atoms with E-state index in [1.165, 1.54) is 12.8 Å². The van der Waals surface area contributed by atoms with Crippen molar-refractivity contribution in [2.24, 2.45) is 11.8 Å². The summed E-state index contributed by atoms with van der Waals surface area (Å²) in [7, 11) is 2.00. The van der Waals surface area contributed by atoms with E-state index in [0.29, 0.717) is 24.4 Å². The van der Waals surface area contributed by atoms with Crippen molar-refractivity contribution in [3.8, 4) is 0 Å². The van der Waals surface area contributed by atoms with Gasteiger partial charge in [0.2, 0.25) is 11.8 Å². The Bertz CT molecular complexity index is 490. The Kier molecular flexibility index (Phi) is 6.92. The lowest BCUT2D eigenvalue weighted by molar-refractivity contribution is -0.142. The first-order valence-corrected chi connectivity index (χ1v) is 10.5. The van der Waals surface area contributed by atoms with E-state index in [4.69, 9.17) is 0 Å². The molecule has 3 saturated heterocycles. The molecular formula is C20H36N4O2. The molecule has 6 heteroatoms. The van der Waals surface area contributed by atoms with Crippen LogP contribution in [0.4, 0.5) is 0 Å². The number of amides is 2. The lowest BCUT2D eigenvalue weighted by atomic mass is 9.92. The minimum atomic E-state index is 0.119. The molecular weight excluding hydrogens is 328 g/mol. The summed E-state index contributed by atoms with van der Waals surface area (Å²) in [5.74, 6) is 1.31. The third kappa shape index (κ3) is 4.97. The molecule has 2 atom stereocenters. The summed E-state index contributed by atoms with van der Waals surface area (Å²) in [4.78, 5) is 31.7. The van der Waals surface area contributed by atoms with Gasteiger partial charge < -0.3 is 15.1 Å². The molecule has 3 heterocycles. The van der Waals surface area contributed by atoms with Crippen molar-refractivity contribution < 1.29 is 9.59 Å². The van der Waals surface area contributed by atoms with E-state index in [9.17, 15) is 9.59 Å². The molecule has 0 spiro atoms. The SMILES string of the molecule is CNC1CCCN(CC(=O)N2CCC(C(=O)N3CCCC(C)C3)CC2)C1. The van der Waals surface area contributed by atoms with Gasteiger partial charge in [0.1, 0.15) is 0 Å². The van der Waals surface area contributed by atoms with Gasteiger partial charge in [-0.15, -0.1) is 0 Å². The third-order valence-corrected chi connectivity index (χ3v) is 6.44. The Morgan fingerprint density at radius 1 is 0.923 bits per heavy atom. The van der Waals surface area contributed by atoms with E-state index in [1.54, 1.807) is 0 Å². The molecule has 148 valence electrons. The normalized spacial score (nSPS) is 29.0. The highest BCUT2D eigenvalue weighted by Gasteiger charge is 2.32. The number of hydrogen-bond donors (Lipinski definition) is 1. The number of nitrogens with zero attached hydrogens (tertiary/aromatic N) is 3. The highest BCUT2D eigenvalue weighted by atomic mass is 16.2. The number of carbonyl (C=O) groups is 2. The second-order valence-electron chi connectivity index (χ2n) is 8.55. The number of piperidine rings is 3. The smallest absolute Gasteiger partial charge is 0.236 e. The molecule has 3 aliphatic heterocycles. The lowest BCUT2D eigenvalue weighted by Crippen LogP contribution is -2.51. The van der Waals surface area contributed by atoms with Crippen molar-refractivity contribution >= 4 is 11.8 Å². The average Bonchev–Trinajstić information content (AvgIpc) is 2.67. The van der Waals surface area contributed by atoms with Gasteiger partial charge in [-0.05, 0) is 58.0 Å². The van der Waals surface area contributed by atoms with Crippen LogP contribution in [0.15, 0.2) is 0 Å². The molecule has 0 aromatic heterocycles. The van der Waals surface area contributed by atoms with Gasteiger partial charge in [-0.25, -0.2) is 0 Å². The number of rotatable bonds is 4. The molecule has 3 fully saturated rings. The van der Waals surface area contributed by atoms with E-state index in [0.717, 1.165) is 65.0 Å². The van der Waals surface area contributed by atoms with Crippen LogP contribution in [0.5, 0.6) is 0 Å². The van der Waals surface area contributed by atoms with Crippen molar-refractivity contribution in [1.82, 2.24) is 20.0 Å². The van der Waals surface area contributed by atoms with Crippen molar-refractivity contribution in [1.29, 1.82) is 0 Å². The molecule has 1 N–H and O–H groups in total. The molecule has 2 amide bonds. The standard InChI is InChI=1S/C20H36N4O2/c1-16-5-3-10-24(13-16)20(26)17-7-11-23(12-8-17)19(25)15-22-9-4-6-18(14-22)21-2/h16-18,21H,3-15H2,1-2H3. The summed E-state index contributed by atoms with van der Waals surface area (Å²) in [6, 6.07) is 0.506. The van der Waals surface area contributed by atoms with E-state index < -0.39 is 0 Å². The van der Waals surface area contributed by atoms with Crippen LogP contribution in [0.25, 0.3) is 0 Å². The Balaban J connectivity index is 1.42. The minimum absolute atomic E-state index is 0.119. The molecule has 0 aromatic carbocycles. The lowest BCUT2D eigenvalue weighted by Gasteiger charge is -2.38. The molecule has 3 rings (SSSR count). The summed E-state index contributed by atoms with van der Waals surface area (Å²) in [5, 5.41) is 3.33. The molecule has 2 unspecified atom stereocenters. The zero-order valence-electron chi connectivity index (χ0n) is 16.6. The van der Waals surface area contributed by atoms with Gasteiger partial charge in [0.05, 0.1) is 6.54 Å². The maximum absolute atomic E-state index is 12.8. The van der Waals surface area contributed by atoms with Crippen LogP contribution in [-0.4, -0.2) is 85.4 Å². The highest BCUT2D eigenvalue weighted by molar-refractivity contribution is 5.81. The van der Waals surface area contributed by atoms with Crippen molar-refractivity contribution in [2.75, 3.05) is 52.9 Å². The fraction of sp³-hybridized carbons (Fsp3) is 0.900. The summed E-state index contributed by atoms with van der Waals surface area (Å²) in [6.45, 7) is 8.06. The van der Waals surface area contributed by atoms with Gasteiger partial charge in [-0.1, -0.05) is 6.92 Å². The quantitative estimate of drug-likeness (QED) is 0.814. The first-order chi connectivity index (χ1) is 12.6. The van der Waals surface area contributed by atoms with Crippen molar-refractivity contribution in [3.05, 3.63) is 0 Å². The van der Waals surface area contributed by atoms with Crippen LogP contribution in [0, 0.1) is 11.8 Å². The topological polar surface area (TPSA) is 55.9 Å². The minimum Gasteiger partial charge on any atom is -0.342 e. The Morgan fingerprint density at radius 3 is 2.35 bits per heavy atom. The molecule has 0 radical (unpaired) electrons. The summed E-state index contributed by atoms with van der Waals surface area (Å²) in [5.41, 5.74) is 0. The van der Waals surface area contributed by atoms with Gasteiger partial charge >= 0.3 is 0 Å². The molecule has 0 aromatic rings.